The van der Waals surface area contributed by atoms with Crippen LogP contribution < -0.4 is 9.64 Å². The van der Waals surface area contributed by atoms with E-state index in [-0.39, 0.29) is 0 Å². The van der Waals surface area contributed by atoms with Crippen molar-refractivity contribution in [2.24, 2.45) is 0 Å². The molecule has 0 spiro atoms. The predicted molar refractivity (Wildman–Crippen MR) is 73.0 cm³/mol. The Morgan fingerprint density at radius 3 is 2.71 bits per heavy atom. The molecule has 0 aromatic heterocycles. The molecule has 0 saturated carbocycles. The van der Waals surface area contributed by atoms with Crippen molar-refractivity contribution in [1.82, 2.24) is 0 Å². The van der Waals surface area contributed by atoms with Crippen molar-refractivity contribution < 1.29 is 4.74 Å². The van der Waals surface area contributed by atoms with E-state index in [1.807, 2.05) is 12.1 Å². The molecule has 0 amide bonds. The molecule has 2 nitrogen and oxygen atoms in total. The first kappa shape index (κ1) is 12.0. The first-order valence-electron chi connectivity index (χ1n) is 6.38. The van der Waals surface area contributed by atoms with Gasteiger partial charge in [-0.2, -0.15) is 0 Å². The molecule has 92 valence electrons. The molecule has 1 fully saturated rings. The van der Waals surface area contributed by atoms with Crippen molar-refractivity contribution >= 4 is 5.69 Å². The van der Waals surface area contributed by atoms with Crippen molar-refractivity contribution in [3.63, 3.8) is 0 Å². The predicted octanol–water partition coefficient (Wildman–Crippen LogP) is 3.41. The number of benzene rings is 1. The SMILES string of the molecule is C=CCc1c(OC)cccc1N1CCCCC1. The van der Waals surface area contributed by atoms with E-state index in [4.69, 9.17) is 4.74 Å². The van der Waals surface area contributed by atoms with Crippen LogP contribution in [0.5, 0.6) is 5.75 Å². The quantitative estimate of drug-likeness (QED) is 0.736. The highest BCUT2D eigenvalue weighted by Crippen LogP contribution is 2.31. The zero-order valence-electron chi connectivity index (χ0n) is 10.6. The molecular weight excluding hydrogens is 210 g/mol. The van der Waals surface area contributed by atoms with Gasteiger partial charge in [-0.3, -0.25) is 0 Å². The van der Waals surface area contributed by atoms with Crippen LogP contribution in [-0.2, 0) is 6.42 Å². The van der Waals surface area contributed by atoms with Gasteiger partial charge < -0.3 is 9.64 Å². The Bertz CT molecular complexity index is 381. The first-order chi connectivity index (χ1) is 8.36. The number of ether oxygens (including phenoxy) is 1. The monoisotopic (exact) mass is 231 g/mol. The summed E-state index contributed by atoms with van der Waals surface area (Å²) in [5.74, 6) is 0.980. The van der Waals surface area contributed by atoms with E-state index in [0.29, 0.717) is 0 Å². The highest BCUT2D eigenvalue weighted by molar-refractivity contribution is 5.60. The zero-order valence-corrected chi connectivity index (χ0v) is 10.6. The highest BCUT2D eigenvalue weighted by atomic mass is 16.5. The van der Waals surface area contributed by atoms with Gasteiger partial charge in [-0.1, -0.05) is 12.1 Å². The summed E-state index contributed by atoms with van der Waals surface area (Å²) in [6.07, 6.45) is 6.77. The van der Waals surface area contributed by atoms with E-state index in [2.05, 4.69) is 23.6 Å². The molecule has 0 aliphatic carbocycles. The number of allylic oxidation sites excluding steroid dienone is 1. The number of rotatable bonds is 4. The van der Waals surface area contributed by atoms with Gasteiger partial charge in [0.15, 0.2) is 0 Å². The van der Waals surface area contributed by atoms with E-state index in [1.165, 1.54) is 30.5 Å². The molecule has 0 radical (unpaired) electrons. The standard InChI is InChI=1S/C15H21NO/c1-3-8-13-14(9-7-10-15(13)17-2)16-11-5-4-6-12-16/h3,7,9-10H,1,4-6,8,11-12H2,2H3. The van der Waals surface area contributed by atoms with Crippen LogP contribution in [0.4, 0.5) is 5.69 Å². The van der Waals surface area contributed by atoms with Gasteiger partial charge in [-0.15, -0.1) is 6.58 Å². The number of hydrogen-bond acceptors (Lipinski definition) is 2. The summed E-state index contributed by atoms with van der Waals surface area (Å²) in [5, 5.41) is 0. The Morgan fingerprint density at radius 2 is 2.06 bits per heavy atom. The lowest BCUT2D eigenvalue weighted by Gasteiger charge is -2.31. The molecule has 1 aliphatic heterocycles. The topological polar surface area (TPSA) is 12.5 Å². The van der Waals surface area contributed by atoms with Crippen LogP contribution in [0.25, 0.3) is 0 Å². The Labute approximate surface area is 104 Å². The summed E-state index contributed by atoms with van der Waals surface area (Å²) in [4.78, 5) is 2.48. The van der Waals surface area contributed by atoms with Crippen LogP contribution in [0.3, 0.4) is 0 Å². The number of hydrogen-bond donors (Lipinski definition) is 0. The summed E-state index contributed by atoms with van der Waals surface area (Å²) in [5.41, 5.74) is 2.59. The van der Waals surface area contributed by atoms with Crippen molar-refractivity contribution in [2.45, 2.75) is 25.7 Å². The van der Waals surface area contributed by atoms with Gasteiger partial charge in [-0.05, 0) is 37.8 Å². The fraction of sp³-hybridized carbons (Fsp3) is 0.467. The molecule has 0 N–H and O–H groups in total. The van der Waals surface area contributed by atoms with Crippen molar-refractivity contribution in [1.29, 1.82) is 0 Å². The number of methoxy groups -OCH3 is 1. The minimum atomic E-state index is 0.871. The van der Waals surface area contributed by atoms with Crippen LogP contribution in [0.15, 0.2) is 30.9 Å². The summed E-state index contributed by atoms with van der Waals surface area (Å²) >= 11 is 0. The Morgan fingerprint density at radius 1 is 1.29 bits per heavy atom. The zero-order chi connectivity index (χ0) is 12.1. The normalized spacial score (nSPS) is 15.7. The fourth-order valence-corrected chi connectivity index (χ4v) is 2.53. The lowest BCUT2D eigenvalue weighted by atomic mass is 10.0. The molecule has 2 heteroatoms. The minimum absolute atomic E-state index is 0.871. The average Bonchev–Trinajstić information content (AvgIpc) is 2.40. The van der Waals surface area contributed by atoms with Gasteiger partial charge in [0.2, 0.25) is 0 Å². The molecular formula is C15H21NO. The fourth-order valence-electron chi connectivity index (χ4n) is 2.53. The third-order valence-electron chi connectivity index (χ3n) is 3.37. The molecule has 0 unspecified atom stereocenters. The number of anilines is 1. The summed E-state index contributed by atoms with van der Waals surface area (Å²) < 4.78 is 5.45. The first-order valence-corrected chi connectivity index (χ1v) is 6.38. The van der Waals surface area contributed by atoms with Crippen LogP contribution in [0, 0.1) is 0 Å². The van der Waals surface area contributed by atoms with Crippen molar-refractivity contribution in [2.75, 3.05) is 25.1 Å². The second kappa shape index (κ2) is 5.76. The van der Waals surface area contributed by atoms with Crippen molar-refractivity contribution in [3.8, 4) is 5.75 Å². The summed E-state index contributed by atoms with van der Waals surface area (Å²) in [6, 6.07) is 6.31. The lowest BCUT2D eigenvalue weighted by molar-refractivity contribution is 0.410. The maximum Gasteiger partial charge on any atom is 0.124 e. The molecule has 0 bridgehead atoms. The highest BCUT2D eigenvalue weighted by Gasteiger charge is 2.16. The smallest absolute Gasteiger partial charge is 0.124 e. The average molecular weight is 231 g/mol. The molecule has 0 atom stereocenters. The number of nitrogens with zero attached hydrogens (tertiary/aromatic N) is 1. The van der Waals surface area contributed by atoms with Crippen LogP contribution in [-0.4, -0.2) is 20.2 Å². The molecule has 2 rings (SSSR count). The van der Waals surface area contributed by atoms with Gasteiger partial charge in [0.25, 0.3) is 0 Å². The maximum absolute atomic E-state index is 5.45. The second-order valence-corrected chi connectivity index (χ2v) is 4.50. The molecule has 1 aromatic carbocycles. The van der Waals surface area contributed by atoms with Gasteiger partial charge in [0.05, 0.1) is 7.11 Å². The Kier molecular flexibility index (Phi) is 4.08. The second-order valence-electron chi connectivity index (χ2n) is 4.50. The van der Waals surface area contributed by atoms with Crippen LogP contribution in [0.2, 0.25) is 0 Å². The van der Waals surface area contributed by atoms with Gasteiger partial charge in [-0.25, -0.2) is 0 Å². The molecule has 1 aliphatic rings. The van der Waals surface area contributed by atoms with E-state index in [9.17, 15) is 0 Å². The summed E-state index contributed by atoms with van der Waals surface area (Å²) in [7, 11) is 1.74. The maximum atomic E-state index is 5.45. The minimum Gasteiger partial charge on any atom is -0.496 e. The van der Waals surface area contributed by atoms with Crippen LogP contribution in [0.1, 0.15) is 24.8 Å². The largest absolute Gasteiger partial charge is 0.496 e. The van der Waals surface area contributed by atoms with Crippen LogP contribution >= 0.6 is 0 Å². The van der Waals surface area contributed by atoms with E-state index < -0.39 is 0 Å². The van der Waals surface area contributed by atoms with Crippen molar-refractivity contribution in [3.05, 3.63) is 36.4 Å². The van der Waals surface area contributed by atoms with E-state index >= 15 is 0 Å². The van der Waals surface area contributed by atoms with Gasteiger partial charge in [0.1, 0.15) is 5.75 Å². The molecule has 17 heavy (non-hydrogen) atoms. The third-order valence-corrected chi connectivity index (χ3v) is 3.37. The molecule has 1 aromatic rings. The van der Waals surface area contributed by atoms with E-state index in [1.54, 1.807) is 7.11 Å². The number of piperidine rings is 1. The Hall–Kier alpha value is -1.44. The van der Waals surface area contributed by atoms with E-state index in [0.717, 1.165) is 25.3 Å². The lowest BCUT2D eigenvalue weighted by Crippen LogP contribution is -2.30. The molecule has 1 saturated heterocycles. The van der Waals surface area contributed by atoms with Gasteiger partial charge in [0, 0.05) is 24.3 Å². The Balaban J connectivity index is 2.33. The van der Waals surface area contributed by atoms with Gasteiger partial charge >= 0.3 is 0 Å². The molecule has 1 heterocycles. The summed E-state index contributed by atoms with van der Waals surface area (Å²) in [6.45, 7) is 6.17. The third kappa shape index (κ3) is 2.63.